The van der Waals surface area contributed by atoms with E-state index in [1.165, 1.54) is 30.1 Å². The molecule has 1 N–H and O–H groups in total. The van der Waals surface area contributed by atoms with Crippen molar-refractivity contribution in [2.45, 2.75) is 5.25 Å². The summed E-state index contributed by atoms with van der Waals surface area (Å²) in [5, 5.41) is 10.8. The molecular formula is C16H12FN3OS. The Kier molecular flexibility index (Phi) is 4.29. The van der Waals surface area contributed by atoms with Gasteiger partial charge in [0.15, 0.2) is 5.17 Å². The Labute approximate surface area is 131 Å². The zero-order chi connectivity index (χ0) is 15.4. The third-order valence-electron chi connectivity index (χ3n) is 3.03. The van der Waals surface area contributed by atoms with Gasteiger partial charge in [0, 0.05) is 0 Å². The summed E-state index contributed by atoms with van der Waals surface area (Å²) in [6.45, 7) is 0. The molecule has 1 fully saturated rings. The SMILES string of the molecule is O=C1N/C(=N/N=Cc2ccc(F)cc2)SC1c1ccccc1. The van der Waals surface area contributed by atoms with Gasteiger partial charge in [-0.1, -0.05) is 54.2 Å². The van der Waals surface area contributed by atoms with Crippen LogP contribution < -0.4 is 5.32 Å². The first kappa shape index (κ1) is 14.5. The maximum Gasteiger partial charge on any atom is 0.244 e. The summed E-state index contributed by atoms with van der Waals surface area (Å²) in [5.41, 5.74) is 1.66. The molecule has 0 radical (unpaired) electrons. The molecule has 0 bridgehead atoms. The summed E-state index contributed by atoms with van der Waals surface area (Å²) in [5.74, 6) is -0.403. The van der Waals surface area contributed by atoms with Crippen molar-refractivity contribution in [3.63, 3.8) is 0 Å². The van der Waals surface area contributed by atoms with Crippen LogP contribution in [0, 0.1) is 5.82 Å². The average Bonchev–Trinajstić information content (AvgIpc) is 2.91. The van der Waals surface area contributed by atoms with Crippen LogP contribution in [0.4, 0.5) is 4.39 Å². The Morgan fingerprint density at radius 2 is 1.82 bits per heavy atom. The highest BCUT2D eigenvalue weighted by Crippen LogP contribution is 2.34. The lowest BCUT2D eigenvalue weighted by molar-refractivity contribution is -0.118. The molecule has 3 rings (SSSR count). The second-order valence-electron chi connectivity index (χ2n) is 4.60. The Hall–Kier alpha value is -2.47. The fraction of sp³-hybridized carbons (Fsp3) is 0.0625. The predicted molar refractivity (Wildman–Crippen MR) is 86.3 cm³/mol. The van der Waals surface area contributed by atoms with Crippen LogP contribution in [0.1, 0.15) is 16.4 Å². The first-order valence-electron chi connectivity index (χ1n) is 6.61. The van der Waals surface area contributed by atoms with Crippen molar-refractivity contribution in [1.29, 1.82) is 0 Å². The van der Waals surface area contributed by atoms with E-state index in [4.69, 9.17) is 0 Å². The lowest BCUT2D eigenvalue weighted by Gasteiger charge is -2.03. The fourth-order valence-electron chi connectivity index (χ4n) is 1.96. The normalized spacial score (nSPS) is 19.8. The van der Waals surface area contributed by atoms with Crippen molar-refractivity contribution in [2.24, 2.45) is 10.2 Å². The highest BCUT2D eigenvalue weighted by molar-refractivity contribution is 8.15. The van der Waals surface area contributed by atoms with Gasteiger partial charge in [-0.05, 0) is 23.3 Å². The first-order valence-corrected chi connectivity index (χ1v) is 7.49. The van der Waals surface area contributed by atoms with Gasteiger partial charge in [0.05, 0.1) is 6.21 Å². The van der Waals surface area contributed by atoms with E-state index >= 15 is 0 Å². The van der Waals surface area contributed by atoms with Gasteiger partial charge in [0.25, 0.3) is 0 Å². The van der Waals surface area contributed by atoms with Gasteiger partial charge in [-0.2, -0.15) is 5.10 Å². The van der Waals surface area contributed by atoms with Crippen molar-refractivity contribution < 1.29 is 9.18 Å². The molecule has 0 saturated carbocycles. The third kappa shape index (κ3) is 3.40. The van der Waals surface area contributed by atoms with Crippen LogP contribution in [0.3, 0.4) is 0 Å². The Balaban J connectivity index is 1.69. The Morgan fingerprint density at radius 1 is 1.09 bits per heavy atom. The highest BCUT2D eigenvalue weighted by Gasteiger charge is 2.31. The van der Waals surface area contributed by atoms with Crippen LogP contribution in [0.5, 0.6) is 0 Å². The summed E-state index contributed by atoms with van der Waals surface area (Å²) >= 11 is 1.33. The molecule has 1 heterocycles. The van der Waals surface area contributed by atoms with Crippen molar-refractivity contribution in [3.8, 4) is 0 Å². The minimum Gasteiger partial charge on any atom is -0.302 e. The molecule has 2 aromatic rings. The number of carbonyl (C=O) groups is 1. The minimum absolute atomic E-state index is 0.105. The largest absolute Gasteiger partial charge is 0.302 e. The van der Waals surface area contributed by atoms with Gasteiger partial charge < -0.3 is 5.32 Å². The number of carbonyl (C=O) groups excluding carboxylic acids is 1. The fourth-order valence-corrected chi connectivity index (χ4v) is 2.89. The van der Waals surface area contributed by atoms with Crippen LogP contribution in [-0.2, 0) is 4.79 Å². The van der Waals surface area contributed by atoms with Crippen molar-refractivity contribution in [1.82, 2.24) is 5.32 Å². The molecular weight excluding hydrogens is 301 g/mol. The third-order valence-corrected chi connectivity index (χ3v) is 4.15. The topological polar surface area (TPSA) is 53.8 Å². The van der Waals surface area contributed by atoms with E-state index in [0.29, 0.717) is 5.17 Å². The van der Waals surface area contributed by atoms with Gasteiger partial charge in [0.1, 0.15) is 11.1 Å². The van der Waals surface area contributed by atoms with E-state index < -0.39 is 0 Å². The zero-order valence-corrected chi connectivity index (χ0v) is 12.3. The smallest absolute Gasteiger partial charge is 0.244 e. The van der Waals surface area contributed by atoms with E-state index in [2.05, 4.69) is 15.5 Å². The number of nitrogens with zero attached hydrogens (tertiary/aromatic N) is 2. The average molecular weight is 313 g/mol. The monoisotopic (exact) mass is 313 g/mol. The molecule has 1 saturated heterocycles. The summed E-state index contributed by atoms with van der Waals surface area (Å²) in [6, 6.07) is 15.4. The molecule has 1 aliphatic rings. The lowest BCUT2D eigenvalue weighted by Crippen LogP contribution is -2.21. The van der Waals surface area contributed by atoms with E-state index in [9.17, 15) is 9.18 Å². The molecule has 0 aromatic heterocycles. The van der Waals surface area contributed by atoms with Crippen molar-refractivity contribution in [2.75, 3.05) is 0 Å². The van der Waals surface area contributed by atoms with Crippen LogP contribution >= 0.6 is 11.8 Å². The van der Waals surface area contributed by atoms with Crippen LogP contribution in [0.15, 0.2) is 64.8 Å². The second kappa shape index (κ2) is 6.53. The van der Waals surface area contributed by atoms with E-state index in [1.807, 2.05) is 30.3 Å². The summed E-state index contributed by atoms with van der Waals surface area (Å²) in [6.07, 6.45) is 1.51. The van der Waals surface area contributed by atoms with Crippen LogP contribution in [-0.4, -0.2) is 17.3 Å². The molecule has 4 nitrogen and oxygen atoms in total. The summed E-state index contributed by atoms with van der Waals surface area (Å²) < 4.78 is 12.8. The molecule has 1 atom stereocenters. The molecule has 0 aliphatic carbocycles. The van der Waals surface area contributed by atoms with Crippen LogP contribution in [0.25, 0.3) is 0 Å². The van der Waals surface area contributed by atoms with Gasteiger partial charge in [-0.3, -0.25) is 4.79 Å². The van der Waals surface area contributed by atoms with Crippen molar-refractivity contribution in [3.05, 3.63) is 71.5 Å². The predicted octanol–water partition coefficient (Wildman–Crippen LogP) is 3.12. The van der Waals surface area contributed by atoms with Gasteiger partial charge in [-0.25, -0.2) is 4.39 Å². The molecule has 6 heteroatoms. The minimum atomic E-state index is -0.305. The molecule has 110 valence electrons. The number of hydrogen-bond donors (Lipinski definition) is 1. The highest BCUT2D eigenvalue weighted by atomic mass is 32.2. The van der Waals surface area contributed by atoms with Crippen molar-refractivity contribution >= 4 is 29.1 Å². The quantitative estimate of drug-likeness (QED) is 0.699. The second-order valence-corrected chi connectivity index (χ2v) is 5.69. The Bertz CT molecular complexity index is 729. The molecule has 1 amide bonds. The standard InChI is InChI=1S/C16H12FN3OS/c17-13-8-6-11(7-9-13)10-18-20-16-19-15(21)14(22-16)12-4-2-1-3-5-12/h1-10,14H,(H,19,20,21). The van der Waals surface area contributed by atoms with Gasteiger partial charge in [0.2, 0.25) is 5.91 Å². The molecule has 1 unspecified atom stereocenters. The van der Waals surface area contributed by atoms with E-state index in [-0.39, 0.29) is 17.0 Å². The number of amidine groups is 1. The molecule has 22 heavy (non-hydrogen) atoms. The van der Waals surface area contributed by atoms with Gasteiger partial charge in [-0.15, -0.1) is 5.10 Å². The maximum atomic E-state index is 12.8. The number of halogens is 1. The number of thioether (sulfide) groups is 1. The summed E-state index contributed by atoms with van der Waals surface area (Å²) in [7, 11) is 0. The number of hydrogen-bond acceptors (Lipinski definition) is 4. The first-order chi connectivity index (χ1) is 10.7. The van der Waals surface area contributed by atoms with Crippen LogP contribution in [0.2, 0.25) is 0 Å². The molecule has 0 spiro atoms. The molecule has 2 aromatic carbocycles. The maximum absolute atomic E-state index is 12.8. The zero-order valence-electron chi connectivity index (χ0n) is 11.4. The molecule has 1 aliphatic heterocycles. The number of nitrogens with one attached hydrogen (secondary N) is 1. The number of benzene rings is 2. The van der Waals surface area contributed by atoms with Gasteiger partial charge >= 0.3 is 0 Å². The lowest BCUT2D eigenvalue weighted by atomic mass is 10.1. The Morgan fingerprint density at radius 3 is 2.55 bits per heavy atom. The van der Waals surface area contributed by atoms with E-state index in [1.54, 1.807) is 12.1 Å². The van der Waals surface area contributed by atoms with E-state index in [0.717, 1.165) is 11.1 Å². The summed E-state index contributed by atoms with van der Waals surface area (Å²) in [4.78, 5) is 11.9. The number of amides is 1. The number of rotatable bonds is 3.